The highest BCUT2D eigenvalue weighted by molar-refractivity contribution is 5.89. The molecule has 3 aromatic rings. The van der Waals surface area contributed by atoms with Gasteiger partial charge in [-0.15, -0.1) is 10.2 Å². The van der Waals surface area contributed by atoms with E-state index >= 15 is 0 Å². The minimum Gasteiger partial charge on any atom is -0.417 e. The van der Waals surface area contributed by atoms with Gasteiger partial charge < -0.3 is 9.32 Å². The van der Waals surface area contributed by atoms with Crippen LogP contribution in [0.3, 0.4) is 0 Å². The third-order valence-electron chi connectivity index (χ3n) is 3.73. The van der Waals surface area contributed by atoms with E-state index in [1.165, 1.54) is 0 Å². The average Bonchev–Trinajstić information content (AvgIpc) is 3.09. The van der Waals surface area contributed by atoms with Crippen LogP contribution < -0.4 is 0 Å². The van der Waals surface area contributed by atoms with Gasteiger partial charge in [-0.05, 0) is 18.1 Å². The van der Waals surface area contributed by atoms with E-state index in [9.17, 15) is 4.79 Å². The maximum absolute atomic E-state index is 12.6. The number of hydrogen-bond acceptors (Lipinski definition) is 4. The monoisotopic (exact) mass is 321 g/mol. The zero-order chi connectivity index (χ0) is 16.8. The molecule has 5 heteroatoms. The van der Waals surface area contributed by atoms with Crippen molar-refractivity contribution in [3.63, 3.8) is 0 Å². The highest BCUT2D eigenvalue weighted by Crippen LogP contribution is 2.12. The van der Waals surface area contributed by atoms with Crippen molar-refractivity contribution in [1.82, 2.24) is 15.1 Å². The molecule has 0 radical (unpaired) electrons. The van der Waals surface area contributed by atoms with Crippen LogP contribution in [0.25, 0.3) is 0 Å². The van der Waals surface area contributed by atoms with Crippen molar-refractivity contribution < 1.29 is 9.21 Å². The zero-order valence-electron chi connectivity index (χ0n) is 13.6. The summed E-state index contributed by atoms with van der Waals surface area (Å²) < 4.78 is 5.56. The lowest BCUT2D eigenvalue weighted by Gasteiger charge is -2.18. The molecule has 2 aromatic carbocycles. The van der Waals surface area contributed by atoms with Gasteiger partial charge in [-0.1, -0.05) is 60.7 Å². The van der Waals surface area contributed by atoms with E-state index in [0.29, 0.717) is 25.4 Å². The molecular formula is C19H19N3O2. The van der Waals surface area contributed by atoms with Crippen LogP contribution in [0.15, 0.2) is 65.1 Å². The van der Waals surface area contributed by atoms with Crippen LogP contribution in [-0.2, 0) is 13.0 Å². The van der Waals surface area contributed by atoms with Gasteiger partial charge in [-0.3, -0.25) is 4.79 Å². The van der Waals surface area contributed by atoms with Gasteiger partial charge in [-0.2, -0.15) is 0 Å². The largest absolute Gasteiger partial charge is 0.417 e. The number of aromatic nitrogens is 2. The van der Waals surface area contributed by atoms with Crippen molar-refractivity contribution in [2.45, 2.75) is 19.9 Å². The number of benzene rings is 2. The van der Waals surface area contributed by atoms with Crippen molar-refractivity contribution in [1.29, 1.82) is 0 Å². The second-order valence-electron chi connectivity index (χ2n) is 5.47. The lowest BCUT2D eigenvalue weighted by atomic mass is 10.2. The lowest BCUT2D eigenvalue weighted by Crippen LogP contribution is -2.30. The minimum absolute atomic E-state index is 0.0405. The Morgan fingerprint density at radius 1 is 0.958 bits per heavy atom. The first-order chi connectivity index (χ1) is 11.8. The quantitative estimate of drug-likeness (QED) is 0.699. The fourth-order valence-corrected chi connectivity index (χ4v) is 2.45. The molecule has 0 aliphatic carbocycles. The third-order valence-corrected chi connectivity index (χ3v) is 3.73. The minimum atomic E-state index is -0.242. The van der Waals surface area contributed by atoms with Crippen LogP contribution in [0.2, 0.25) is 0 Å². The van der Waals surface area contributed by atoms with Crippen LogP contribution >= 0.6 is 0 Å². The van der Waals surface area contributed by atoms with Crippen LogP contribution in [0.5, 0.6) is 0 Å². The number of carbonyl (C=O) groups excluding carboxylic acids is 1. The summed E-state index contributed by atoms with van der Waals surface area (Å²) in [7, 11) is 0. The molecule has 5 nitrogen and oxygen atoms in total. The first kappa shape index (κ1) is 15.9. The second kappa shape index (κ2) is 7.55. The summed E-state index contributed by atoms with van der Waals surface area (Å²) in [6, 6.07) is 19.7. The van der Waals surface area contributed by atoms with E-state index in [1.807, 2.05) is 67.6 Å². The maximum Gasteiger partial charge on any atom is 0.311 e. The van der Waals surface area contributed by atoms with E-state index in [2.05, 4.69) is 10.2 Å². The zero-order valence-corrected chi connectivity index (χ0v) is 13.6. The molecule has 0 saturated heterocycles. The normalized spacial score (nSPS) is 10.5. The summed E-state index contributed by atoms with van der Waals surface area (Å²) in [6.07, 6.45) is 0.520. The van der Waals surface area contributed by atoms with E-state index in [0.717, 1.165) is 11.1 Å². The summed E-state index contributed by atoms with van der Waals surface area (Å²) in [5.74, 6) is 0.243. The summed E-state index contributed by atoms with van der Waals surface area (Å²) >= 11 is 0. The van der Waals surface area contributed by atoms with E-state index in [-0.39, 0.29) is 11.8 Å². The van der Waals surface area contributed by atoms with Gasteiger partial charge >= 0.3 is 11.8 Å². The van der Waals surface area contributed by atoms with Crippen LogP contribution in [0, 0.1) is 0 Å². The fourth-order valence-electron chi connectivity index (χ4n) is 2.45. The number of hydrogen-bond donors (Lipinski definition) is 0. The van der Waals surface area contributed by atoms with Crippen molar-refractivity contribution in [2.75, 3.05) is 6.54 Å². The number of nitrogens with zero attached hydrogens (tertiary/aromatic N) is 3. The Labute approximate surface area is 140 Å². The molecule has 0 spiro atoms. The predicted octanol–water partition coefficient (Wildman–Crippen LogP) is 3.32. The van der Waals surface area contributed by atoms with Gasteiger partial charge in [0.05, 0.1) is 6.42 Å². The molecule has 1 aromatic heterocycles. The Bertz CT molecular complexity index is 785. The first-order valence-corrected chi connectivity index (χ1v) is 7.95. The third kappa shape index (κ3) is 3.87. The Morgan fingerprint density at radius 2 is 1.58 bits per heavy atom. The summed E-state index contributed by atoms with van der Waals surface area (Å²) in [5, 5.41) is 7.91. The van der Waals surface area contributed by atoms with Gasteiger partial charge in [0.15, 0.2) is 0 Å². The van der Waals surface area contributed by atoms with E-state index < -0.39 is 0 Å². The van der Waals surface area contributed by atoms with Crippen LogP contribution in [-0.4, -0.2) is 27.5 Å². The molecule has 122 valence electrons. The fraction of sp³-hybridized carbons (Fsp3) is 0.211. The summed E-state index contributed by atoms with van der Waals surface area (Å²) in [6.45, 7) is 3.03. The molecule has 1 heterocycles. The van der Waals surface area contributed by atoms with Gasteiger partial charge in [0.2, 0.25) is 5.89 Å². The Kier molecular flexibility index (Phi) is 5.01. The second-order valence-corrected chi connectivity index (χ2v) is 5.47. The lowest BCUT2D eigenvalue weighted by molar-refractivity contribution is 0.0710. The number of carbonyl (C=O) groups is 1. The first-order valence-electron chi connectivity index (χ1n) is 7.95. The molecule has 0 bridgehead atoms. The molecule has 0 fully saturated rings. The smallest absolute Gasteiger partial charge is 0.311 e. The van der Waals surface area contributed by atoms with Crippen LogP contribution in [0.1, 0.15) is 34.6 Å². The Hall–Kier alpha value is -2.95. The molecule has 1 amide bonds. The molecule has 0 atom stereocenters. The van der Waals surface area contributed by atoms with Gasteiger partial charge in [-0.25, -0.2) is 0 Å². The van der Waals surface area contributed by atoms with Gasteiger partial charge in [0, 0.05) is 13.1 Å². The summed E-state index contributed by atoms with van der Waals surface area (Å²) in [5.41, 5.74) is 2.13. The van der Waals surface area contributed by atoms with Crippen molar-refractivity contribution in [2.24, 2.45) is 0 Å². The van der Waals surface area contributed by atoms with E-state index in [4.69, 9.17) is 4.42 Å². The molecule has 3 rings (SSSR count). The molecule has 0 N–H and O–H groups in total. The molecule has 0 saturated carbocycles. The van der Waals surface area contributed by atoms with Crippen LogP contribution in [0.4, 0.5) is 0 Å². The predicted molar refractivity (Wildman–Crippen MR) is 90.4 cm³/mol. The maximum atomic E-state index is 12.6. The van der Waals surface area contributed by atoms with Crippen molar-refractivity contribution in [3.8, 4) is 0 Å². The van der Waals surface area contributed by atoms with E-state index in [1.54, 1.807) is 4.90 Å². The molecule has 24 heavy (non-hydrogen) atoms. The van der Waals surface area contributed by atoms with Gasteiger partial charge in [0.1, 0.15) is 0 Å². The molecular weight excluding hydrogens is 302 g/mol. The van der Waals surface area contributed by atoms with Gasteiger partial charge in [0.25, 0.3) is 0 Å². The Balaban J connectivity index is 1.70. The topological polar surface area (TPSA) is 59.2 Å². The molecule has 0 aliphatic rings. The number of rotatable bonds is 6. The standard InChI is InChI=1S/C19H19N3O2/c1-2-22(14-16-11-7-4-8-12-16)19(23)18-21-20-17(24-18)13-15-9-5-3-6-10-15/h3-12H,2,13-14H2,1H3. The van der Waals surface area contributed by atoms with Crippen molar-refractivity contribution >= 4 is 5.91 Å². The van der Waals surface area contributed by atoms with Crippen molar-refractivity contribution in [3.05, 3.63) is 83.6 Å². The summed E-state index contributed by atoms with van der Waals surface area (Å²) in [4.78, 5) is 14.3. The molecule has 0 unspecified atom stereocenters. The SMILES string of the molecule is CCN(Cc1ccccc1)C(=O)c1nnc(Cc2ccccc2)o1. The highest BCUT2D eigenvalue weighted by atomic mass is 16.4. The number of amides is 1. The highest BCUT2D eigenvalue weighted by Gasteiger charge is 2.21. The Morgan fingerprint density at radius 3 is 2.21 bits per heavy atom. The molecule has 0 aliphatic heterocycles. The average molecular weight is 321 g/mol.